The molecule has 2 heterocycles. The van der Waals surface area contributed by atoms with Crippen molar-refractivity contribution in [2.24, 2.45) is 0 Å². The average molecular weight is 411 g/mol. The van der Waals surface area contributed by atoms with E-state index in [1.807, 2.05) is 30.4 Å². The van der Waals surface area contributed by atoms with Crippen molar-refractivity contribution < 1.29 is 13.6 Å². The molecule has 6 heteroatoms. The Morgan fingerprint density at radius 3 is 2.74 bits per heavy atom. The first-order valence-electron chi connectivity index (χ1n) is 9.82. The smallest absolute Gasteiger partial charge is 0.254 e. The van der Waals surface area contributed by atoms with E-state index in [2.05, 4.69) is 39.8 Å². The molecule has 31 heavy (non-hydrogen) atoms. The van der Waals surface area contributed by atoms with Crippen LogP contribution in [-0.2, 0) is 6.54 Å². The lowest BCUT2D eigenvalue weighted by Gasteiger charge is -2.05. The summed E-state index contributed by atoms with van der Waals surface area (Å²) in [5.41, 5.74) is 2.13. The fourth-order valence-corrected chi connectivity index (χ4v) is 3.52. The van der Waals surface area contributed by atoms with E-state index in [1.165, 1.54) is 23.8 Å². The summed E-state index contributed by atoms with van der Waals surface area (Å²) in [6, 6.07) is 20.6. The number of carbonyl (C=O) groups excluding carboxylic acids is 1. The summed E-state index contributed by atoms with van der Waals surface area (Å²) in [5.74, 6) is -0.531. The van der Waals surface area contributed by atoms with Crippen LogP contribution in [0, 0.1) is 5.82 Å². The van der Waals surface area contributed by atoms with Gasteiger partial charge in [0.15, 0.2) is 0 Å². The predicted molar refractivity (Wildman–Crippen MR) is 119 cm³/mol. The highest BCUT2D eigenvalue weighted by atomic mass is 19.1. The Hall–Kier alpha value is -4.19. The van der Waals surface area contributed by atoms with E-state index >= 15 is 0 Å². The third-order valence-electron chi connectivity index (χ3n) is 5.14. The lowest BCUT2D eigenvalue weighted by molar-refractivity contribution is 0.0944. The minimum Gasteiger partial charge on any atom is -0.467 e. The number of hydrogen-bond donors (Lipinski definition) is 2. The zero-order valence-corrected chi connectivity index (χ0v) is 16.4. The topological polar surface area (TPSA) is 70.9 Å². The molecule has 2 N–H and O–H groups in total. The first-order valence-corrected chi connectivity index (χ1v) is 9.82. The number of furan rings is 1. The van der Waals surface area contributed by atoms with Crippen LogP contribution >= 0.6 is 0 Å². The normalized spacial score (nSPS) is 11.5. The number of aromatic nitrogens is 2. The molecular weight excluding hydrogens is 393 g/mol. The van der Waals surface area contributed by atoms with Gasteiger partial charge in [0.1, 0.15) is 11.6 Å². The van der Waals surface area contributed by atoms with E-state index in [0.29, 0.717) is 22.4 Å². The zero-order chi connectivity index (χ0) is 21.2. The van der Waals surface area contributed by atoms with Gasteiger partial charge in [-0.25, -0.2) is 4.39 Å². The number of nitrogens with zero attached hydrogens (tertiary/aromatic N) is 1. The van der Waals surface area contributed by atoms with Crippen LogP contribution in [0.3, 0.4) is 0 Å². The Kier molecular flexibility index (Phi) is 4.80. The van der Waals surface area contributed by atoms with E-state index in [-0.39, 0.29) is 12.1 Å². The first-order chi connectivity index (χ1) is 15.2. The Morgan fingerprint density at radius 1 is 1.03 bits per heavy atom. The molecule has 0 aliphatic heterocycles. The van der Waals surface area contributed by atoms with E-state index in [9.17, 15) is 9.18 Å². The highest BCUT2D eigenvalue weighted by Gasteiger charge is 2.16. The molecule has 0 saturated carbocycles. The molecule has 3 aromatic carbocycles. The standard InChI is InChI=1S/C25H18FN3O2/c26-22-14-24-21(13-20(22)25(30)27-15-19-6-3-11-31-19)23(28-29-24)10-8-16-7-9-17-4-1-2-5-18(17)12-16/h1-14H,15H2,(H,27,30)(H,28,29)/b10-8+. The molecule has 0 radical (unpaired) electrons. The highest BCUT2D eigenvalue weighted by Crippen LogP contribution is 2.23. The summed E-state index contributed by atoms with van der Waals surface area (Å²) in [6.07, 6.45) is 5.32. The van der Waals surface area contributed by atoms with Crippen molar-refractivity contribution in [3.05, 3.63) is 101 Å². The summed E-state index contributed by atoms with van der Waals surface area (Å²) in [6.45, 7) is 0.184. The fraction of sp³-hybridized carbons (Fsp3) is 0.0400. The maximum atomic E-state index is 14.5. The quantitative estimate of drug-likeness (QED) is 0.398. The van der Waals surface area contributed by atoms with Crippen molar-refractivity contribution in [2.75, 3.05) is 0 Å². The van der Waals surface area contributed by atoms with E-state index in [4.69, 9.17) is 4.42 Å². The summed E-state index contributed by atoms with van der Waals surface area (Å²) in [7, 11) is 0. The molecule has 2 aromatic heterocycles. The molecular formula is C25H18FN3O2. The van der Waals surface area contributed by atoms with Gasteiger partial charge in [0, 0.05) is 11.5 Å². The van der Waals surface area contributed by atoms with Gasteiger partial charge in [0.05, 0.1) is 29.6 Å². The van der Waals surface area contributed by atoms with Gasteiger partial charge in [-0.1, -0.05) is 42.5 Å². The number of nitrogens with one attached hydrogen (secondary N) is 2. The van der Waals surface area contributed by atoms with Gasteiger partial charge < -0.3 is 9.73 Å². The van der Waals surface area contributed by atoms with Crippen molar-refractivity contribution in [1.29, 1.82) is 0 Å². The van der Waals surface area contributed by atoms with Crippen LogP contribution < -0.4 is 5.32 Å². The van der Waals surface area contributed by atoms with Crippen molar-refractivity contribution in [3.8, 4) is 0 Å². The number of hydrogen-bond acceptors (Lipinski definition) is 3. The molecule has 0 saturated heterocycles. The fourth-order valence-electron chi connectivity index (χ4n) is 3.52. The molecule has 152 valence electrons. The number of fused-ring (bicyclic) bond motifs is 2. The van der Waals surface area contributed by atoms with Crippen molar-refractivity contribution in [3.63, 3.8) is 0 Å². The van der Waals surface area contributed by atoms with Gasteiger partial charge in [0.25, 0.3) is 5.91 Å². The molecule has 0 atom stereocenters. The highest BCUT2D eigenvalue weighted by molar-refractivity contribution is 6.00. The molecule has 0 aliphatic carbocycles. The van der Waals surface area contributed by atoms with Crippen LogP contribution in [0.5, 0.6) is 0 Å². The van der Waals surface area contributed by atoms with Gasteiger partial charge in [0.2, 0.25) is 0 Å². The van der Waals surface area contributed by atoms with Gasteiger partial charge in [-0.05, 0) is 46.7 Å². The maximum Gasteiger partial charge on any atom is 0.254 e. The second kappa shape index (κ2) is 7.91. The van der Waals surface area contributed by atoms with Gasteiger partial charge >= 0.3 is 0 Å². The lowest BCUT2D eigenvalue weighted by Crippen LogP contribution is -2.23. The summed E-state index contributed by atoms with van der Waals surface area (Å²) in [5, 5.41) is 12.8. The van der Waals surface area contributed by atoms with Crippen LogP contribution in [0.4, 0.5) is 4.39 Å². The van der Waals surface area contributed by atoms with Crippen LogP contribution in [0.25, 0.3) is 33.8 Å². The molecule has 1 amide bonds. The molecule has 5 nitrogen and oxygen atoms in total. The molecule has 0 spiro atoms. The molecule has 0 aliphatic rings. The first kappa shape index (κ1) is 18.8. The molecule has 0 unspecified atom stereocenters. The minimum absolute atomic E-state index is 0.0409. The lowest BCUT2D eigenvalue weighted by atomic mass is 10.1. The van der Waals surface area contributed by atoms with Crippen molar-refractivity contribution in [2.45, 2.75) is 6.54 Å². The van der Waals surface area contributed by atoms with Crippen LogP contribution in [0.1, 0.15) is 27.4 Å². The Morgan fingerprint density at radius 2 is 1.90 bits per heavy atom. The number of H-pyrrole nitrogens is 1. The number of carbonyl (C=O) groups is 1. The monoisotopic (exact) mass is 411 g/mol. The largest absolute Gasteiger partial charge is 0.467 e. The van der Waals surface area contributed by atoms with E-state index in [0.717, 1.165) is 10.9 Å². The van der Waals surface area contributed by atoms with E-state index in [1.54, 1.807) is 12.1 Å². The number of benzene rings is 3. The number of aromatic amines is 1. The average Bonchev–Trinajstić information content (AvgIpc) is 3.45. The minimum atomic E-state index is -0.613. The third kappa shape index (κ3) is 3.83. The second-order valence-corrected chi connectivity index (χ2v) is 7.19. The van der Waals surface area contributed by atoms with Crippen LogP contribution in [0.15, 0.2) is 77.4 Å². The van der Waals surface area contributed by atoms with Crippen molar-refractivity contribution >= 4 is 39.7 Å². The Labute approximate surface area is 177 Å². The molecule has 5 rings (SSSR count). The number of amides is 1. The molecule has 5 aromatic rings. The van der Waals surface area contributed by atoms with Gasteiger partial charge in [-0.15, -0.1) is 0 Å². The Balaban J connectivity index is 1.43. The summed E-state index contributed by atoms with van der Waals surface area (Å²) in [4.78, 5) is 12.5. The third-order valence-corrected chi connectivity index (χ3v) is 5.14. The van der Waals surface area contributed by atoms with Gasteiger partial charge in [-0.3, -0.25) is 9.89 Å². The zero-order valence-electron chi connectivity index (χ0n) is 16.4. The SMILES string of the molecule is O=C(NCc1ccco1)c1cc2c(/C=C/c3ccc4ccccc4c3)n[nH]c2cc1F. The number of halogens is 1. The van der Waals surface area contributed by atoms with Crippen LogP contribution in [0.2, 0.25) is 0 Å². The molecule has 0 fully saturated rings. The maximum absolute atomic E-state index is 14.5. The molecule has 0 bridgehead atoms. The summed E-state index contributed by atoms with van der Waals surface area (Å²) < 4.78 is 19.7. The predicted octanol–water partition coefficient (Wildman–Crippen LogP) is 5.55. The van der Waals surface area contributed by atoms with Gasteiger partial charge in [-0.2, -0.15) is 5.10 Å². The summed E-state index contributed by atoms with van der Waals surface area (Å²) >= 11 is 0. The Bertz CT molecular complexity index is 1420. The van der Waals surface area contributed by atoms with E-state index < -0.39 is 11.7 Å². The number of rotatable bonds is 5. The van der Waals surface area contributed by atoms with Crippen molar-refractivity contribution in [1.82, 2.24) is 15.5 Å². The second-order valence-electron chi connectivity index (χ2n) is 7.19. The van der Waals surface area contributed by atoms with Crippen LogP contribution in [-0.4, -0.2) is 16.1 Å².